The summed E-state index contributed by atoms with van der Waals surface area (Å²) in [5.41, 5.74) is 0. The van der Waals surface area contributed by atoms with Crippen LogP contribution in [0.25, 0.3) is 0 Å². The van der Waals surface area contributed by atoms with E-state index in [1.54, 1.807) is 0 Å². The molecule has 6 nitrogen and oxygen atoms in total. The largest absolute Gasteiger partial charge is 0.462 e. The van der Waals surface area contributed by atoms with Gasteiger partial charge in [0, 0.05) is 6.42 Å². The van der Waals surface area contributed by atoms with E-state index in [1.807, 2.05) is 0 Å². The predicted octanol–water partition coefficient (Wildman–Crippen LogP) is 16.1. The Morgan fingerprint density at radius 1 is 0.467 bits per heavy atom. The summed E-state index contributed by atoms with van der Waals surface area (Å²) in [7, 11) is 0. The van der Waals surface area contributed by atoms with Gasteiger partial charge >= 0.3 is 5.97 Å². The fourth-order valence-electron chi connectivity index (χ4n) is 8.49. The molecule has 0 aliphatic carbocycles. The van der Waals surface area contributed by atoms with Gasteiger partial charge in [0.05, 0.1) is 25.2 Å². The fourth-order valence-corrected chi connectivity index (χ4v) is 8.49. The van der Waals surface area contributed by atoms with Crippen LogP contribution in [0.4, 0.5) is 0 Å². The topological polar surface area (TPSA) is 95.9 Å². The van der Waals surface area contributed by atoms with Gasteiger partial charge in [0.2, 0.25) is 5.91 Å². The lowest BCUT2D eigenvalue weighted by Crippen LogP contribution is -2.46. The molecule has 0 rings (SSSR count). The van der Waals surface area contributed by atoms with Crippen LogP contribution in [0, 0.1) is 0 Å². The van der Waals surface area contributed by atoms with Crippen LogP contribution in [0.15, 0.2) is 12.2 Å². The molecule has 6 heteroatoms. The van der Waals surface area contributed by atoms with Gasteiger partial charge in [-0.15, -0.1) is 0 Å². The molecule has 0 spiro atoms. The van der Waals surface area contributed by atoms with E-state index in [-0.39, 0.29) is 24.9 Å². The van der Waals surface area contributed by atoms with E-state index in [0.29, 0.717) is 19.3 Å². The highest BCUT2D eigenvalue weighted by atomic mass is 16.5. The first kappa shape index (κ1) is 58.6. The zero-order valence-corrected chi connectivity index (χ0v) is 40.6. The number of unbranched alkanes of at least 4 members (excludes halogenated alkanes) is 35. The van der Waals surface area contributed by atoms with Gasteiger partial charge in [-0.05, 0) is 44.9 Å². The van der Waals surface area contributed by atoms with E-state index >= 15 is 0 Å². The van der Waals surface area contributed by atoms with Gasteiger partial charge in [0.25, 0.3) is 0 Å². The lowest BCUT2D eigenvalue weighted by molar-refractivity contribution is -0.151. The lowest BCUT2D eigenvalue weighted by atomic mass is 10.0. The highest BCUT2D eigenvalue weighted by molar-refractivity contribution is 5.77. The number of hydrogen-bond acceptors (Lipinski definition) is 5. The van der Waals surface area contributed by atoms with Crippen molar-refractivity contribution in [2.45, 2.75) is 315 Å². The average Bonchev–Trinajstić information content (AvgIpc) is 3.24. The second-order valence-electron chi connectivity index (χ2n) is 18.6. The van der Waals surface area contributed by atoms with Crippen LogP contribution >= 0.6 is 0 Å². The standard InChI is InChI=1S/C54H105NO5/c1-4-7-10-13-16-19-22-24-26-27-28-31-34-37-40-43-46-52(57)51(49-56)55-53(58)48-50(45-42-39-36-33-30-21-18-15-12-9-6-3)60-54(59)47-44-41-38-35-32-29-25-23-20-17-14-11-8-5-2/h33,36,50-52,56-57H,4-32,34-35,37-49H2,1-3H3,(H,55,58)/b36-33-. The highest BCUT2D eigenvalue weighted by Crippen LogP contribution is 2.18. The number of rotatable bonds is 49. The number of esters is 1. The van der Waals surface area contributed by atoms with E-state index in [2.05, 4.69) is 38.2 Å². The third-order valence-corrected chi connectivity index (χ3v) is 12.6. The molecule has 0 aliphatic rings. The first-order chi connectivity index (χ1) is 29.5. The minimum absolute atomic E-state index is 0.0637. The Kier molecular flexibility index (Phi) is 47.5. The number of nitrogens with one attached hydrogen (secondary N) is 1. The molecule has 0 radical (unpaired) electrons. The second-order valence-corrected chi connectivity index (χ2v) is 18.6. The van der Waals surface area contributed by atoms with Crippen LogP contribution in [0.5, 0.6) is 0 Å². The summed E-state index contributed by atoms with van der Waals surface area (Å²) in [4.78, 5) is 26.1. The zero-order valence-electron chi connectivity index (χ0n) is 40.6. The van der Waals surface area contributed by atoms with Gasteiger partial charge in [-0.25, -0.2) is 0 Å². The Bertz CT molecular complexity index is 909. The van der Waals surface area contributed by atoms with Gasteiger partial charge in [-0.2, -0.15) is 0 Å². The summed E-state index contributed by atoms with van der Waals surface area (Å²) in [5, 5.41) is 23.8. The number of aliphatic hydroxyl groups excluding tert-OH is 2. The van der Waals surface area contributed by atoms with Crippen LogP contribution in [0.3, 0.4) is 0 Å². The summed E-state index contributed by atoms with van der Waals surface area (Å²) in [6.07, 6.45) is 54.2. The molecule has 0 heterocycles. The van der Waals surface area contributed by atoms with Crippen molar-refractivity contribution in [3.8, 4) is 0 Å². The molecular formula is C54H105NO5. The fraction of sp³-hybridized carbons (Fsp3) is 0.926. The summed E-state index contributed by atoms with van der Waals surface area (Å²) in [5.74, 6) is -0.486. The van der Waals surface area contributed by atoms with E-state index in [0.717, 1.165) is 51.4 Å². The second kappa shape index (κ2) is 48.6. The van der Waals surface area contributed by atoms with E-state index in [1.165, 1.54) is 199 Å². The number of hydrogen-bond donors (Lipinski definition) is 3. The number of aliphatic hydroxyl groups is 2. The Balaban J connectivity index is 4.47. The Labute approximate surface area is 374 Å². The van der Waals surface area contributed by atoms with E-state index in [9.17, 15) is 19.8 Å². The van der Waals surface area contributed by atoms with Crippen molar-refractivity contribution in [3.63, 3.8) is 0 Å². The Morgan fingerprint density at radius 2 is 0.817 bits per heavy atom. The molecule has 0 saturated carbocycles. The lowest BCUT2D eigenvalue weighted by Gasteiger charge is -2.24. The van der Waals surface area contributed by atoms with Gasteiger partial charge in [-0.1, -0.05) is 251 Å². The van der Waals surface area contributed by atoms with E-state index < -0.39 is 18.2 Å². The SMILES string of the molecule is CCCCCCCC/C=C\CCCC(CC(=O)NC(CO)C(O)CCCCCCCCCCCCCCCCCC)OC(=O)CCCCCCCCCCCCCCCC. The first-order valence-electron chi connectivity index (χ1n) is 26.9. The Hall–Kier alpha value is -1.40. The molecule has 356 valence electrons. The van der Waals surface area contributed by atoms with Crippen molar-refractivity contribution in [2.24, 2.45) is 0 Å². The maximum Gasteiger partial charge on any atom is 0.306 e. The molecule has 0 saturated heterocycles. The van der Waals surface area contributed by atoms with Crippen molar-refractivity contribution < 1.29 is 24.5 Å². The average molecular weight is 848 g/mol. The molecule has 3 atom stereocenters. The number of ether oxygens (including phenoxy) is 1. The van der Waals surface area contributed by atoms with Crippen molar-refractivity contribution in [1.82, 2.24) is 5.32 Å². The predicted molar refractivity (Wildman–Crippen MR) is 260 cm³/mol. The van der Waals surface area contributed by atoms with Crippen LogP contribution < -0.4 is 5.32 Å². The molecule has 0 bridgehead atoms. The maximum atomic E-state index is 13.2. The maximum absolute atomic E-state index is 13.2. The normalized spacial score (nSPS) is 13.2. The van der Waals surface area contributed by atoms with Gasteiger partial charge in [0.15, 0.2) is 0 Å². The van der Waals surface area contributed by atoms with Crippen molar-refractivity contribution in [3.05, 3.63) is 12.2 Å². The van der Waals surface area contributed by atoms with Gasteiger partial charge in [-0.3, -0.25) is 9.59 Å². The number of amides is 1. The molecule has 3 unspecified atom stereocenters. The van der Waals surface area contributed by atoms with Crippen LogP contribution in [0.2, 0.25) is 0 Å². The van der Waals surface area contributed by atoms with Crippen LogP contribution in [-0.2, 0) is 14.3 Å². The minimum Gasteiger partial charge on any atom is -0.462 e. The molecule has 0 aromatic heterocycles. The molecule has 60 heavy (non-hydrogen) atoms. The zero-order chi connectivity index (χ0) is 43.8. The van der Waals surface area contributed by atoms with Crippen LogP contribution in [0.1, 0.15) is 297 Å². The molecule has 0 aromatic rings. The molecule has 0 fully saturated rings. The van der Waals surface area contributed by atoms with Crippen molar-refractivity contribution >= 4 is 11.9 Å². The summed E-state index contributed by atoms with van der Waals surface area (Å²) in [6, 6.07) is -0.703. The third-order valence-electron chi connectivity index (χ3n) is 12.6. The highest BCUT2D eigenvalue weighted by Gasteiger charge is 2.24. The molecular weight excluding hydrogens is 743 g/mol. The summed E-state index contributed by atoms with van der Waals surface area (Å²) >= 11 is 0. The van der Waals surface area contributed by atoms with E-state index in [4.69, 9.17) is 4.74 Å². The number of allylic oxidation sites excluding steroid dienone is 2. The number of carbonyl (C=O) groups is 2. The molecule has 0 aliphatic heterocycles. The van der Waals surface area contributed by atoms with Crippen molar-refractivity contribution in [2.75, 3.05) is 6.61 Å². The summed E-state index contributed by atoms with van der Waals surface area (Å²) in [6.45, 7) is 6.49. The summed E-state index contributed by atoms with van der Waals surface area (Å²) < 4.78 is 5.92. The molecule has 0 aromatic carbocycles. The third kappa shape index (κ3) is 43.3. The minimum atomic E-state index is -0.788. The molecule has 1 amide bonds. The Morgan fingerprint density at radius 3 is 1.22 bits per heavy atom. The first-order valence-corrected chi connectivity index (χ1v) is 26.9. The molecule has 3 N–H and O–H groups in total. The van der Waals surface area contributed by atoms with Crippen LogP contribution in [-0.4, -0.2) is 46.9 Å². The van der Waals surface area contributed by atoms with Gasteiger partial charge in [0.1, 0.15) is 6.10 Å². The monoisotopic (exact) mass is 848 g/mol. The van der Waals surface area contributed by atoms with Crippen molar-refractivity contribution in [1.29, 1.82) is 0 Å². The van der Waals surface area contributed by atoms with Gasteiger partial charge < -0.3 is 20.3 Å². The number of carbonyl (C=O) groups excluding carboxylic acids is 2. The smallest absolute Gasteiger partial charge is 0.306 e. The quantitative estimate of drug-likeness (QED) is 0.0322.